The molecular formula is C20H21ClN4O2. The van der Waals surface area contributed by atoms with Gasteiger partial charge in [-0.25, -0.2) is 14.3 Å². The molecule has 6 nitrogen and oxygen atoms in total. The number of fused-ring (bicyclic) bond motifs is 1. The summed E-state index contributed by atoms with van der Waals surface area (Å²) < 4.78 is 4.61. The van der Waals surface area contributed by atoms with Crippen LogP contribution in [0.4, 0.5) is 0 Å². The molecule has 1 aliphatic carbocycles. The van der Waals surface area contributed by atoms with Crippen LogP contribution in [0.5, 0.6) is 0 Å². The summed E-state index contributed by atoms with van der Waals surface area (Å²) in [6, 6.07) is 7.03. The first-order valence-corrected chi connectivity index (χ1v) is 9.59. The minimum absolute atomic E-state index is 0.0935. The monoisotopic (exact) mass is 384 g/mol. The first kappa shape index (κ1) is 17.8. The lowest BCUT2D eigenvalue weighted by molar-refractivity contribution is 0.335. The Morgan fingerprint density at radius 2 is 1.93 bits per heavy atom. The molecule has 0 bridgehead atoms. The summed E-state index contributed by atoms with van der Waals surface area (Å²) in [7, 11) is 0. The van der Waals surface area contributed by atoms with Gasteiger partial charge < -0.3 is 4.57 Å². The molecule has 0 aliphatic heterocycles. The van der Waals surface area contributed by atoms with E-state index in [-0.39, 0.29) is 17.3 Å². The zero-order valence-corrected chi connectivity index (χ0v) is 15.7. The molecule has 0 saturated heterocycles. The summed E-state index contributed by atoms with van der Waals surface area (Å²) in [4.78, 5) is 31.1. The van der Waals surface area contributed by atoms with Crippen molar-refractivity contribution >= 4 is 22.8 Å². The summed E-state index contributed by atoms with van der Waals surface area (Å²) in [6.45, 7) is 4.19. The normalized spacial score (nSPS) is 15.3. The lowest BCUT2D eigenvalue weighted by atomic mass is 9.95. The van der Waals surface area contributed by atoms with Crippen LogP contribution in [0.1, 0.15) is 38.1 Å². The summed E-state index contributed by atoms with van der Waals surface area (Å²) in [5.41, 5.74) is 0.593. The van der Waals surface area contributed by atoms with Gasteiger partial charge in [0.15, 0.2) is 11.2 Å². The third-order valence-corrected chi connectivity index (χ3v) is 5.53. The molecule has 27 heavy (non-hydrogen) atoms. The van der Waals surface area contributed by atoms with Crippen molar-refractivity contribution in [2.75, 3.05) is 0 Å². The number of para-hydroxylation sites is 1. The predicted octanol–water partition coefficient (Wildman–Crippen LogP) is 3.69. The maximum Gasteiger partial charge on any atom is 0.337 e. The second-order valence-electron chi connectivity index (χ2n) is 6.89. The van der Waals surface area contributed by atoms with Crippen LogP contribution in [0.25, 0.3) is 16.9 Å². The Balaban J connectivity index is 2.10. The van der Waals surface area contributed by atoms with Crippen LogP contribution in [0.3, 0.4) is 0 Å². The third kappa shape index (κ3) is 2.94. The van der Waals surface area contributed by atoms with Crippen molar-refractivity contribution in [3.63, 3.8) is 0 Å². The maximum atomic E-state index is 13.4. The predicted molar refractivity (Wildman–Crippen MR) is 107 cm³/mol. The Bertz CT molecular complexity index is 1120. The molecule has 0 spiro atoms. The van der Waals surface area contributed by atoms with E-state index >= 15 is 0 Å². The van der Waals surface area contributed by atoms with E-state index in [1.165, 1.54) is 9.13 Å². The maximum absolute atomic E-state index is 13.4. The molecule has 0 unspecified atom stereocenters. The van der Waals surface area contributed by atoms with Crippen LogP contribution in [-0.2, 0) is 6.54 Å². The van der Waals surface area contributed by atoms with Crippen LogP contribution >= 0.6 is 11.6 Å². The van der Waals surface area contributed by atoms with Crippen LogP contribution in [0.15, 0.2) is 52.8 Å². The molecule has 7 heteroatoms. The lowest BCUT2D eigenvalue weighted by Gasteiger charge is -2.24. The molecule has 0 amide bonds. The van der Waals surface area contributed by atoms with E-state index < -0.39 is 0 Å². The van der Waals surface area contributed by atoms with Gasteiger partial charge in [-0.05, 0) is 25.0 Å². The van der Waals surface area contributed by atoms with Crippen molar-refractivity contribution in [2.24, 2.45) is 0 Å². The fraction of sp³-hybridized carbons (Fsp3) is 0.350. The van der Waals surface area contributed by atoms with E-state index in [9.17, 15) is 9.59 Å². The standard InChI is InChI=1S/C20H21ClN4O2/c1-2-12-23-13-22-18-17(23)19(26)24(14-8-4-3-5-9-14)20(27)25(18)16-11-7-6-10-15(16)21/h2,6-7,10-11,13-14H,1,3-5,8-9,12H2. The highest BCUT2D eigenvalue weighted by molar-refractivity contribution is 6.32. The average molecular weight is 385 g/mol. The van der Waals surface area contributed by atoms with Gasteiger partial charge in [-0.15, -0.1) is 6.58 Å². The fourth-order valence-corrected chi connectivity index (χ4v) is 4.16. The molecule has 0 N–H and O–H groups in total. The number of halogens is 1. The molecule has 2 heterocycles. The van der Waals surface area contributed by atoms with Crippen molar-refractivity contribution in [3.8, 4) is 5.69 Å². The molecule has 1 fully saturated rings. The van der Waals surface area contributed by atoms with Crippen LogP contribution in [0.2, 0.25) is 5.02 Å². The van der Waals surface area contributed by atoms with E-state index in [1.807, 2.05) is 12.1 Å². The Morgan fingerprint density at radius 1 is 1.19 bits per heavy atom. The molecule has 140 valence electrons. The first-order chi connectivity index (χ1) is 13.1. The highest BCUT2D eigenvalue weighted by Crippen LogP contribution is 2.27. The van der Waals surface area contributed by atoms with Crippen LogP contribution in [-0.4, -0.2) is 18.7 Å². The molecule has 3 aromatic rings. The van der Waals surface area contributed by atoms with Gasteiger partial charge in [-0.2, -0.15) is 0 Å². The van der Waals surface area contributed by atoms with Gasteiger partial charge in [0, 0.05) is 12.6 Å². The quantitative estimate of drug-likeness (QED) is 0.644. The number of imidazole rings is 1. The number of rotatable bonds is 4. The number of aromatic nitrogens is 4. The Labute approximate surface area is 161 Å². The Morgan fingerprint density at radius 3 is 2.63 bits per heavy atom. The summed E-state index contributed by atoms with van der Waals surface area (Å²) in [5, 5.41) is 0.438. The lowest BCUT2D eigenvalue weighted by Crippen LogP contribution is -2.43. The molecule has 1 aliphatic rings. The van der Waals surface area contributed by atoms with Crippen LogP contribution < -0.4 is 11.2 Å². The third-order valence-electron chi connectivity index (χ3n) is 5.21. The summed E-state index contributed by atoms with van der Waals surface area (Å²) >= 11 is 6.38. The number of benzene rings is 1. The number of hydrogen-bond acceptors (Lipinski definition) is 3. The molecule has 0 atom stereocenters. The average Bonchev–Trinajstić information content (AvgIpc) is 3.08. The molecule has 1 aromatic carbocycles. The fourth-order valence-electron chi connectivity index (χ4n) is 3.94. The Hall–Kier alpha value is -2.60. The van der Waals surface area contributed by atoms with Gasteiger partial charge in [0.05, 0.1) is 17.0 Å². The number of hydrogen-bond donors (Lipinski definition) is 0. The van der Waals surface area contributed by atoms with Gasteiger partial charge in [0.1, 0.15) is 0 Å². The van der Waals surface area contributed by atoms with Crippen molar-refractivity contribution in [1.29, 1.82) is 0 Å². The van der Waals surface area contributed by atoms with Crippen molar-refractivity contribution < 1.29 is 0 Å². The molecular weight excluding hydrogens is 364 g/mol. The van der Waals surface area contributed by atoms with Gasteiger partial charge in [-0.3, -0.25) is 9.36 Å². The zero-order valence-electron chi connectivity index (χ0n) is 15.0. The largest absolute Gasteiger partial charge is 0.337 e. The van der Waals surface area contributed by atoms with Gasteiger partial charge in [-0.1, -0.05) is 49.1 Å². The highest BCUT2D eigenvalue weighted by Gasteiger charge is 2.25. The van der Waals surface area contributed by atoms with Crippen molar-refractivity contribution in [2.45, 2.75) is 44.7 Å². The highest BCUT2D eigenvalue weighted by atomic mass is 35.5. The van der Waals surface area contributed by atoms with E-state index in [0.717, 1.165) is 32.1 Å². The summed E-state index contributed by atoms with van der Waals surface area (Å²) in [5.74, 6) is 0. The summed E-state index contributed by atoms with van der Waals surface area (Å²) in [6.07, 6.45) is 8.12. The second-order valence-corrected chi connectivity index (χ2v) is 7.30. The van der Waals surface area contributed by atoms with Crippen LogP contribution in [0, 0.1) is 0 Å². The van der Waals surface area contributed by atoms with Crippen molar-refractivity contribution in [3.05, 3.63) is 69.1 Å². The van der Waals surface area contributed by atoms with Crippen molar-refractivity contribution in [1.82, 2.24) is 18.7 Å². The number of nitrogens with zero attached hydrogens (tertiary/aromatic N) is 4. The van der Waals surface area contributed by atoms with E-state index in [1.54, 1.807) is 29.1 Å². The second kappa shape index (κ2) is 7.19. The van der Waals surface area contributed by atoms with E-state index in [2.05, 4.69) is 11.6 Å². The minimum Gasteiger partial charge on any atom is -0.321 e. The topological polar surface area (TPSA) is 61.8 Å². The van der Waals surface area contributed by atoms with E-state index in [0.29, 0.717) is 28.4 Å². The molecule has 4 rings (SSSR count). The minimum atomic E-state index is -0.378. The molecule has 1 saturated carbocycles. The first-order valence-electron chi connectivity index (χ1n) is 9.21. The molecule has 0 radical (unpaired) electrons. The van der Waals surface area contributed by atoms with Gasteiger partial charge >= 0.3 is 5.69 Å². The smallest absolute Gasteiger partial charge is 0.321 e. The van der Waals surface area contributed by atoms with Gasteiger partial charge in [0.25, 0.3) is 5.56 Å². The number of allylic oxidation sites excluding steroid dienone is 1. The molecule has 2 aromatic heterocycles. The SMILES string of the molecule is C=CCn1cnc2c1c(=O)n(C1CCCCC1)c(=O)n2-c1ccccc1Cl. The van der Waals surface area contributed by atoms with E-state index in [4.69, 9.17) is 11.6 Å². The Kier molecular flexibility index (Phi) is 4.74. The van der Waals surface area contributed by atoms with Gasteiger partial charge in [0.2, 0.25) is 0 Å². The zero-order chi connectivity index (χ0) is 19.0.